The summed E-state index contributed by atoms with van der Waals surface area (Å²) < 4.78 is 6.04. The molecule has 5 nitrogen and oxygen atoms in total. The molecule has 3 aromatic heterocycles. The molecule has 1 N–H and O–H groups in total. The molecule has 0 spiro atoms. The molecule has 0 radical (unpaired) electrons. The van der Waals surface area contributed by atoms with Gasteiger partial charge in [0.1, 0.15) is 17.4 Å². The SMILES string of the molecule is O=C(Nc1nc(-c2ccc(Cl)s2)cs1)c1coc2ccccc2c1=O. The van der Waals surface area contributed by atoms with Crippen LogP contribution in [0, 0.1) is 0 Å². The lowest BCUT2D eigenvalue weighted by atomic mass is 10.1. The van der Waals surface area contributed by atoms with Crippen LogP contribution in [0.1, 0.15) is 10.4 Å². The van der Waals surface area contributed by atoms with Gasteiger partial charge in [-0.1, -0.05) is 23.7 Å². The third-order valence-electron chi connectivity index (χ3n) is 3.47. The summed E-state index contributed by atoms with van der Waals surface area (Å²) in [4.78, 5) is 30.1. The largest absolute Gasteiger partial charge is 0.463 e. The summed E-state index contributed by atoms with van der Waals surface area (Å²) in [5, 5.41) is 5.23. The summed E-state index contributed by atoms with van der Waals surface area (Å²) in [7, 11) is 0. The van der Waals surface area contributed by atoms with Gasteiger partial charge in [-0.2, -0.15) is 0 Å². The van der Waals surface area contributed by atoms with Gasteiger partial charge in [-0.15, -0.1) is 22.7 Å². The topological polar surface area (TPSA) is 72.2 Å². The second-order valence-electron chi connectivity index (χ2n) is 5.07. The normalized spacial score (nSPS) is 10.9. The summed E-state index contributed by atoms with van der Waals surface area (Å²) >= 11 is 8.61. The minimum absolute atomic E-state index is 0.0605. The van der Waals surface area contributed by atoms with Crippen LogP contribution >= 0.6 is 34.3 Å². The molecular weight excluding hydrogens is 380 g/mol. The summed E-state index contributed by atoms with van der Waals surface area (Å²) in [6.45, 7) is 0. The molecule has 0 aliphatic rings. The van der Waals surface area contributed by atoms with Gasteiger partial charge in [0, 0.05) is 5.38 Å². The first kappa shape index (κ1) is 16.0. The average molecular weight is 389 g/mol. The third-order valence-corrected chi connectivity index (χ3v) is 5.49. The number of halogens is 1. The summed E-state index contributed by atoms with van der Waals surface area (Å²) in [5.74, 6) is -0.551. The minimum atomic E-state index is -0.551. The predicted octanol–water partition coefficient (Wildman–Crippen LogP) is 4.88. The molecule has 0 atom stereocenters. The first-order chi connectivity index (χ1) is 12.1. The van der Waals surface area contributed by atoms with Crippen molar-refractivity contribution in [3.05, 3.63) is 68.2 Å². The number of thiophene rings is 1. The number of rotatable bonds is 3. The van der Waals surface area contributed by atoms with Crippen molar-refractivity contribution in [1.29, 1.82) is 0 Å². The fourth-order valence-corrected chi connectivity index (χ4v) is 4.08. The monoisotopic (exact) mass is 388 g/mol. The number of nitrogens with one attached hydrogen (secondary N) is 1. The van der Waals surface area contributed by atoms with Crippen LogP contribution in [0.5, 0.6) is 0 Å². The minimum Gasteiger partial charge on any atom is -0.463 e. The Bertz CT molecular complexity index is 1150. The van der Waals surface area contributed by atoms with Crippen molar-refractivity contribution in [2.24, 2.45) is 0 Å². The molecule has 0 unspecified atom stereocenters. The smallest absolute Gasteiger partial charge is 0.264 e. The molecule has 0 aliphatic carbocycles. The predicted molar refractivity (Wildman–Crippen MR) is 101 cm³/mol. The molecule has 1 aromatic carbocycles. The molecule has 4 aromatic rings. The van der Waals surface area contributed by atoms with E-state index in [1.807, 2.05) is 11.4 Å². The highest BCUT2D eigenvalue weighted by molar-refractivity contribution is 7.20. The van der Waals surface area contributed by atoms with Gasteiger partial charge in [0.2, 0.25) is 5.43 Å². The van der Waals surface area contributed by atoms with Crippen LogP contribution in [-0.2, 0) is 0 Å². The molecule has 4 rings (SSSR count). The Labute approximate surface area is 154 Å². The van der Waals surface area contributed by atoms with Crippen LogP contribution in [0.15, 0.2) is 57.3 Å². The number of carbonyl (C=O) groups excluding carboxylic acids is 1. The highest BCUT2D eigenvalue weighted by Crippen LogP contribution is 2.32. The molecule has 0 aliphatic heterocycles. The van der Waals surface area contributed by atoms with Crippen LogP contribution in [-0.4, -0.2) is 10.9 Å². The van der Waals surface area contributed by atoms with Crippen molar-refractivity contribution in [2.45, 2.75) is 0 Å². The lowest BCUT2D eigenvalue weighted by Crippen LogP contribution is -2.21. The maximum absolute atomic E-state index is 12.4. The van der Waals surface area contributed by atoms with Gasteiger partial charge in [0.15, 0.2) is 5.13 Å². The van der Waals surface area contributed by atoms with E-state index in [2.05, 4.69) is 10.3 Å². The molecular formula is C17H9ClN2O3S2. The number of hydrogen-bond donors (Lipinski definition) is 1. The van der Waals surface area contributed by atoms with E-state index < -0.39 is 5.91 Å². The number of aromatic nitrogens is 1. The quantitative estimate of drug-likeness (QED) is 0.542. The lowest BCUT2D eigenvalue weighted by molar-refractivity contribution is 0.102. The van der Waals surface area contributed by atoms with Gasteiger partial charge in [-0.25, -0.2) is 4.98 Å². The Hall–Kier alpha value is -2.48. The van der Waals surface area contributed by atoms with E-state index in [9.17, 15) is 9.59 Å². The highest BCUT2D eigenvalue weighted by Gasteiger charge is 2.16. The maximum Gasteiger partial charge on any atom is 0.264 e. The standard InChI is InChI=1S/C17H9ClN2O3S2/c18-14-6-5-13(25-14)11-8-24-17(19-11)20-16(22)10-7-23-12-4-2-1-3-9(12)15(10)21/h1-8H,(H,19,20,22). The van der Waals surface area contributed by atoms with Crippen molar-refractivity contribution in [3.63, 3.8) is 0 Å². The van der Waals surface area contributed by atoms with Crippen LogP contribution in [0.25, 0.3) is 21.5 Å². The zero-order chi connectivity index (χ0) is 17.4. The fourth-order valence-electron chi connectivity index (χ4n) is 2.30. The van der Waals surface area contributed by atoms with E-state index in [4.69, 9.17) is 16.0 Å². The Morgan fingerprint density at radius 2 is 2.04 bits per heavy atom. The average Bonchev–Trinajstić information content (AvgIpc) is 3.24. The lowest BCUT2D eigenvalue weighted by Gasteiger charge is -2.02. The number of nitrogens with zero attached hydrogens (tertiary/aromatic N) is 1. The van der Waals surface area contributed by atoms with Gasteiger partial charge in [-0.3, -0.25) is 14.9 Å². The van der Waals surface area contributed by atoms with E-state index in [0.717, 1.165) is 10.6 Å². The summed E-state index contributed by atoms with van der Waals surface area (Å²) in [5.41, 5.74) is 0.730. The van der Waals surface area contributed by atoms with Crippen molar-refractivity contribution in [1.82, 2.24) is 4.98 Å². The highest BCUT2D eigenvalue weighted by atomic mass is 35.5. The number of fused-ring (bicyclic) bond motifs is 1. The molecule has 124 valence electrons. The number of amides is 1. The van der Waals surface area contributed by atoms with Crippen molar-refractivity contribution >= 4 is 56.3 Å². The second-order valence-corrected chi connectivity index (χ2v) is 7.64. The Kier molecular flexibility index (Phi) is 4.12. The zero-order valence-electron chi connectivity index (χ0n) is 12.5. The van der Waals surface area contributed by atoms with Gasteiger partial charge in [0.05, 0.1) is 20.3 Å². The van der Waals surface area contributed by atoms with Crippen molar-refractivity contribution in [3.8, 4) is 10.6 Å². The molecule has 0 saturated heterocycles. The van der Waals surface area contributed by atoms with E-state index in [1.54, 1.807) is 30.3 Å². The van der Waals surface area contributed by atoms with Crippen LogP contribution in [0.4, 0.5) is 5.13 Å². The van der Waals surface area contributed by atoms with E-state index in [1.165, 1.54) is 28.9 Å². The van der Waals surface area contributed by atoms with Crippen LogP contribution in [0.2, 0.25) is 4.34 Å². The number of carbonyl (C=O) groups is 1. The van der Waals surface area contributed by atoms with E-state index >= 15 is 0 Å². The van der Waals surface area contributed by atoms with Gasteiger partial charge < -0.3 is 4.42 Å². The van der Waals surface area contributed by atoms with E-state index in [-0.39, 0.29) is 11.0 Å². The van der Waals surface area contributed by atoms with Crippen LogP contribution in [0.3, 0.4) is 0 Å². The maximum atomic E-state index is 12.4. The molecule has 0 saturated carbocycles. The molecule has 3 heterocycles. The number of anilines is 1. The Morgan fingerprint density at radius 1 is 1.20 bits per heavy atom. The molecule has 0 bridgehead atoms. The molecule has 8 heteroatoms. The van der Waals surface area contributed by atoms with Gasteiger partial charge in [-0.05, 0) is 24.3 Å². The van der Waals surface area contributed by atoms with E-state index in [0.29, 0.717) is 20.4 Å². The van der Waals surface area contributed by atoms with Gasteiger partial charge in [0.25, 0.3) is 5.91 Å². The summed E-state index contributed by atoms with van der Waals surface area (Å²) in [6.07, 6.45) is 1.17. The Morgan fingerprint density at radius 3 is 2.84 bits per heavy atom. The summed E-state index contributed by atoms with van der Waals surface area (Å²) in [6, 6.07) is 10.4. The molecule has 25 heavy (non-hydrogen) atoms. The van der Waals surface area contributed by atoms with Crippen LogP contribution < -0.4 is 10.7 Å². The third kappa shape index (κ3) is 3.09. The zero-order valence-corrected chi connectivity index (χ0v) is 14.9. The molecule has 1 amide bonds. The number of para-hydroxylation sites is 1. The number of hydrogen-bond acceptors (Lipinski definition) is 6. The second kappa shape index (κ2) is 6.44. The van der Waals surface area contributed by atoms with Crippen molar-refractivity contribution < 1.29 is 9.21 Å². The van der Waals surface area contributed by atoms with Gasteiger partial charge >= 0.3 is 0 Å². The first-order valence-electron chi connectivity index (χ1n) is 7.15. The Balaban J connectivity index is 1.61. The first-order valence-corrected chi connectivity index (χ1v) is 9.22. The number of thiazole rings is 1. The molecule has 0 fully saturated rings. The fraction of sp³-hybridized carbons (Fsp3) is 0. The number of benzene rings is 1. The van der Waals surface area contributed by atoms with Crippen molar-refractivity contribution in [2.75, 3.05) is 5.32 Å².